The number of methoxy groups -OCH3 is 1. The van der Waals surface area contributed by atoms with Crippen molar-refractivity contribution in [2.75, 3.05) is 7.11 Å². The summed E-state index contributed by atoms with van der Waals surface area (Å²) in [6.07, 6.45) is 6.71. The monoisotopic (exact) mass is 198 g/mol. The highest BCUT2D eigenvalue weighted by Crippen LogP contribution is 2.42. The van der Waals surface area contributed by atoms with Gasteiger partial charge in [0.25, 0.3) is 0 Å². The Morgan fingerprint density at radius 2 is 2.29 bits per heavy atom. The van der Waals surface area contributed by atoms with Gasteiger partial charge in [0.15, 0.2) is 0 Å². The zero-order chi connectivity index (χ0) is 10.6. The molecule has 0 aromatic heterocycles. The van der Waals surface area contributed by atoms with E-state index >= 15 is 0 Å². The first-order chi connectivity index (χ1) is 6.61. The molecule has 1 rings (SSSR count). The van der Waals surface area contributed by atoms with Crippen molar-refractivity contribution in [3.8, 4) is 0 Å². The first-order valence-electron chi connectivity index (χ1n) is 5.58. The van der Waals surface area contributed by atoms with Gasteiger partial charge in [0, 0.05) is 13.5 Å². The van der Waals surface area contributed by atoms with E-state index in [2.05, 4.69) is 13.8 Å². The maximum absolute atomic E-state index is 10.4. The molecule has 1 saturated carbocycles. The molecule has 0 spiro atoms. The molecule has 1 fully saturated rings. The van der Waals surface area contributed by atoms with E-state index < -0.39 is 0 Å². The molecule has 0 aliphatic heterocycles. The van der Waals surface area contributed by atoms with Crippen molar-refractivity contribution in [3.63, 3.8) is 0 Å². The van der Waals surface area contributed by atoms with E-state index in [0.29, 0.717) is 23.9 Å². The molecule has 1 aliphatic rings. The molecule has 0 aromatic carbocycles. The van der Waals surface area contributed by atoms with E-state index in [-0.39, 0.29) is 0 Å². The van der Waals surface area contributed by atoms with Crippen LogP contribution in [0.1, 0.15) is 46.0 Å². The van der Waals surface area contributed by atoms with Crippen molar-refractivity contribution in [3.05, 3.63) is 0 Å². The lowest BCUT2D eigenvalue weighted by molar-refractivity contribution is -0.108. The second kappa shape index (κ2) is 4.92. The molecule has 3 atom stereocenters. The first-order valence-corrected chi connectivity index (χ1v) is 5.58. The molecule has 0 amide bonds. The van der Waals surface area contributed by atoms with Gasteiger partial charge in [0.05, 0.1) is 6.10 Å². The topological polar surface area (TPSA) is 26.3 Å². The number of hydrogen-bond acceptors (Lipinski definition) is 2. The number of carbonyl (C=O) groups is 1. The molecule has 0 bridgehead atoms. The van der Waals surface area contributed by atoms with E-state index in [1.54, 1.807) is 7.11 Å². The van der Waals surface area contributed by atoms with Crippen LogP contribution < -0.4 is 0 Å². The van der Waals surface area contributed by atoms with Gasteiger partial charge in [-0.3, -0.25) is 0 Å². The molecule has 0 heterocycles. The molecule has 0 N–H and O–H groups in total. The molecule has 82 valence electrons. The van der Waals surface area contributed by atoms with Crippen molar-refractivity contribution in [2.24, 2.45) is 11.3 Å². The summed E-state index contributed by atoms with van der Waals surface area (Å²) in [6.45, 7) is 4.54. The van der Waals surface area contributed by atoms with Gasteiger partial charge in [0.1, 0.15) is 6.29 Å². The SMILES string of the molecule is COC1CC(C)(CCC=O)CCC1C. The third kappa shape index (κ3) is 2.81. The molecule has 0 aromatic rings. The lowest BCUT2D eigenvalue weighted by Crippen LogP contribution is -2.35. The molecule has 0 radical (unpaired) electrons. The van der Waals surface area contributed by atoms with Crippen LogP contribution in [0.15, 0.2) is 0 Å². The Balaban J connectivity index is 2.50. The molecule has 0 saturated heterocycles. The minimum atomic E-state index is 0.327. The largest absolute Gasteiger partial charge is 0.381 e. The number of rotatable bonds is 4. The normalized spacial score (nSPS) is 38.2. The van der Waals surface area contributed by atoms with E-state index in [4.69, 9.17) is 4.74 Å². The van der Waals surface area contributed by atoms with Crippen LogP contribution in [0.2, 0.25) is 0 Å². The predicted molar refractivity (Wildman–Crippen MR) is 57.2 cm³/mol. The van der Waals surface area contributed by atoms with Crippen molar-refractivity contribution < 1.29 is 9.53 Å². The van der Waals surface area contributed by atoms with Gasteiger partial charge in [-0.1, -0.05) is 13.8 Å². The third-order valence-electron chi connectivity index (χ3n) is 3.70. The quantitative estimate of drug-likeness (QED) is 0.649. The minimum absolute atomic E-state index is 0.327. The summed E-state index contributed by atoms with van der Waals surface area (Å²) < 4.78 is 5.49. The van der Waals surface area contributed by atoms with E-state index in [9.17, 15) is 4.79 Å². The van der Waals surface area contributed by atoms with Gasteiger partial charge < -0.3 is 9.53 Å². The van der Waals surface area contributed by atoms with Crippen LogP contribution in [0.4, 0.5) is 0 Å². The average molecular weight is 198 g/mol. The summed E-state index contributed by atoms with van der Waals surface area (Å²) >= 11 is 0. The Morgan fingerprint density at radius 3 is 2.86 bits per heavy atom. The van der Waals surface area contributed by atoms with E-state index in [1.165, 1.54) is 12.8 Å². The van der Waals surface area contributed by atoms with Gasteiger partial charge in [0.2, 0.25) is 0 Å². The van der Waals surface area contributed by atoms with Crippen LogP contribution in [-0.4, -0.2) is 19.5 Å². The van der Waals surface area contributed by atoms with E-state index in [0.717, 1.165) is 19.1 Å². The number of ether oxygens (including phenoxy) is 1. The van der Waals surface area contributed by atoms with Gasteiger partial charge in [-0.15, -0.1) is 0 Å². The fourth-order valence-electron chi connectivity index (χ4n) is 2.50. The zero-order valence-electron chi connectivity index (χ0n) is 9.58. The maximum Gasteiger partial charge on any atom is 0.120 e. The second-order valence-electron chi connectivity index (χ2n) is 5.01. The predicted octanol–water partition coefficient (Wildman–Crippen LogP) is 2.81. The number of hydrogen-bond donors (Lipinski definition) is 0. The van der Waals surface area contributed by atoms with E-state index in [1.807, 2.05) is 0 Å². The molecule has 1 aliphatic carbocycles. The molecular weight excluding hydrogens is 176 g/mol. The fourth-order valence-corrected chi connectivity index (χ4v) is 2.50. The zero-order valence-corrected chi connectivity index (χ0v) is 9.58. The Kier molecular flexibility index (Phi) is 4.11. The van der Waals surface area contributed by atoms with Crippen LogP contribution in [0.5, 0.6) is 0 Å². The highest BCUT2D eigenvalue weighted by Gasteiger charge is 2.35. The molecule has 3 unspecified atom stereocenters. The second-order valence-corrected chi connectivity index (χ2v) is 5.01. The van der Waals surface area contributed by atoms with Gasteiger partial charge in [-0.25, -0.2) is 0 Å². The summed E-state index contributed by atoms with van der Waals surface area (Å²) in [7, 11) is 1.80. The fraction of sp³-hybridized carbons (Fsp3) is 0.917. The van der Waals surface area contributed by atoms with Crippen molar-refractivity contribution in [1.29, 1.82) is 0 Å². The Bertz CT molecular complexity index is 191. The molecule has 2 heteroatoms. The van der Waals surface area contributed by atoms with Crippen LogP contribution >= 0.6 is 0 Å². The summed E-state index contributed by atoms with van der Waals surface area (Å²) in [5.74, 6) is 0.671. The Labute approximate surface area is 87.0 Å². The summed E-state index contributed by atoms with van der Waals surface area (Å²) in [4.78, 5) is 10.4. The lowest BCUT2D eigenvalue weighted by Gasteiger charge is -2.40. The van der Waals surface area contributed by atoms with Crippen LogP contribution in [0.25, 0.3) is 0 Å². The van der Waals surface area contributed by atoms with Gasteiger partial charge in [-0.05, 0) is 37.0 Å². The number of aldehydes is 1. The number of carbonyl (C=O) groups excluding carboxylic acids is 1. The summed E-state index contributed by atoms with van der Waals surface area (Å²) in [6, 6.07) is 0. The molecule has 14 heavy (non-hydrogen) atoms. The molecular formula is C12H22O2. The maximum atomic E-state index is 10.4. The third-order valence-corrected chi connectivity index (χ3v) is 3.70. The highest BCUT2D eigenvalue weighted by atomic mass is 16.5. The minimum Gasteiger partial charge on any atom is -0.381 e. The highest BCUT2D eigenvalue weighted by molar-refractivity contribution is 5.49. The van der Waals surface area contributed by atoms with Crippen molar-refractivity contribution in [2.45, 2.75) is 52.1 Å². The Hall–Kier alpha value is -0.370. The lowest BCUT2D eigenvalue weighted by atomic mass is 9.68. The first kappa shape index (κ1) is 11.7. The smallest absolute Gasteiger partial charge is 0.120 e. The average Bonchev–Trinajstić information content (AvgIpc) is 2.19. The Morgan fingerprint density at radius 1 is 1.57 bits per heavy atom. The van der Waals surface area contributed by atoms with Crippen LogP contribution in [0, 0.1) is 11.3 Å². The summed E-state index contributed by atoms with van der Waals surface area (Å²) in [5.41, 5.74) is 0.327. The standard InChI is InChI=1S/C12H22O2/c1-10-5-7-12(2,6-4-8-13)9-11(10)14-3/h8,10-11H,4-7,9H2,1-3H3. The van der Waals surface area contributed by atoms with Gasteiger partial charge >= 0.3 is 0 Å². The summed E-state index contributed by atoms with van der Waals surface area (Å²) in [5, 5.41) is 0. The van der Waals surface area contributed by atoms with Crippen LogP contribution in [-0.2, 0) is 9.53 Å². The van der Waals surface area contributed by atoms with Crippen molar-refractivity contribution >= 4 is 6.29 Å². The van der Waals surface area contributed by atoms with Crippen molar-refractivity contribution in [1.82, 2.24) is 0 Å². The van der Waals surface area contributed by atoms with Gasteiger partial charge in [-0.2, -0.15) is 0 Å². The van der Waals surface area contributed by atoms with Crippen LogP contribution in [0.3, 0.4) is 0 Å². The molecule has 2 nitrogen and oxygen atoms in total.